The minimum absolute atomic E-state index is 0.184. The minimum atomic E-state index is -4.72. The van der Waals surface area contributed by atoms with Crippen LogP contribution in [0.4, 0.5) is 19.0 Å². The summed E-state index contributed by atoms with van der Waals surface area (Å²) in [5, 5.41) is 4.70. The molecule has 0 spiro atoms. The normalized spacial score (nSPS) is 12.9. The molecular formula is C11H14ClF3N4O2. The third kappa shape index (κ3) is 5.72. The Hall–Kier alpha value is -1.61. The van der Waals surface area contributed by atoms with Crippen molar-refractivity contribution < 1.29 is 22.7 Å². The van der Waals surface area contributed by atoms with Gasteiger partial charge in [0, 0.05) is 19.7 Å². The third-order valence-corrected chi connectivity index (χ3v) is 2.51. The maximum absolute atomic E-state index is 12.5. The number of anilines is 1. The standard InChI is InChI=1S/C11H14ClF3N4O2/c1-6(9(20)16-3-4-21-2)17-8-5-7(12)18-10(19-8)11(13,14)15/h5-6H,3-4H2,1-2H3,(H,16,20)(H,17,18,19). The van der Waals surface area contributed by atoms with Crippen LogP contribution in [0.5, 0.6) is 0 Å². The molecule has 1 unspecified atom stereocenters. The summed E-state index contributed by atoms with van der Waals surface area (Å²) in [5.74, 6) is -1.96. The van der Waals surface area contributed by atoms with Gasteiger partial charge >= 0.3 is 6.18 Å². The van der Waals surface area contributed by atoms with Gasteiger partial charge in [0.1, 0.15) is 17.0 Å². The largest absolute Gasteiger partial charge is 0.451 e. The fourth-order valence-corrected chi connectivity index (χ4v) is 1.52. The predicted molar refractivity (Wildman–Crippen MR) is 70.0 cm³/mol. The van der Waals surface area contributed by atoms with Crippen molar-refractivity contribution in [1.29, 1.82) is 0 Å². The van der Waals surface area contributed by atoms with Crippen molar-refractivity contribution in [2.75, 3.05) is 25.6 Å². The predicted octanol–water partition coefficient (Wildman–Crippen LogP) is 1.71. The first-order valence-corrected chi connectivity index (χ1v) is 6.26. The molecule has 6 nitrogen and oxygen atoms in total. The van der Waals surface area contributed by atoms with Crippen LogP contribution in [0.15, 0.2) is 6.07 Å². The third-order valence-electron chi connectivity index (χ3n) is 2.31. The Labute approximate surface area is 124 Å². The van der Waals surface area contributed by atoms with Gasteiger partial charge in [0.25, 0.3) is 0 Å². The summed E-state index contributed by atoms with van der Waals surface area (Å²) < 4.78 is 42.4. The summed E-state index contributed by atoms with van der Waals surface area (Å²) in [6, 6.07) is 0.310. The lowest BCUT2D eigenvalue weighted by atomic mass is 10.3. The first kappa shape index (κ1) is 17.4. The van der Waals surface area contributed by atoms with E-state index in [0.717, 1.165) is 6.07 Å². The average Bonchev–Trinajstić information content (AvgIpc) is 2.37. The Balaban J connectivity index is 2.74. The second-order valence-electron chi connectivity index (χ2n) is 4.05. The van der Waals surface area contributed by atoms with Crippen molar-refractivity contribution in [2.45, 2.75) is 19.1 Å². The zero-order valence-corrected chi connectivity index (χ0v) is 12.0. The van der Waals surface area contributed by atoms with Gasteiger partial charge in [0.15, 0.2) is 0 Å². The number of halogens is 4. The molecule has 21 heavy (non-hydrogen) atoms. The number of rotatable bonds is 6. The van der Waals surface area contributed by atoms with Crippen molar-refractivity contribution in [2.24, 2.45) is 0 Å². The van der Waals surface area contributed by atoms with E-state index in [1.54, 1.807) is 0 Å². The SMILES string of the molecule is COCCNC(=O)C(C)Nc1cc(Cl)nc(C(F)(F)F)n1. The molecule has 0 saturated heterocycles. The molecule has 1 rings (SSSR count). The maximum Gasteiger partial charge on any atom is 0.451 e. The van der Waals surface area contributed by atoms with E-state index in [4.69, 9.17) is 16.3 Å². The number of carbonyl (C=O) groups is 1. The number of carbonyl (C=O) groups excluding carboxylic acids is 1. The molecule has 1 aromatic heterocycles. The number of methoxy groups -OCH3 is 1. The molecule has 118 valence electrons. The summed E-state index contributed by atoms with van der Waals surface area (Å²) in [5.41, 5.74) is 0. The molecular weight excluding hydrogens is 313 g/mol. The van der Waals surface area contributed by atoms with Crippen molar-refractivity contribution in [1.82, 2.24) is 15.3 Å². The van der Waals surface area contributed by atoms with Crippen LogP contribution in [-0.4, -0.2) is 42.2 Å². The topological polar surface area (TPSA) is 76.1 Å². The first-order valence-electron chi connectivity index (χ1n) is 5.89. The molecule has 1 heterocycles. The number of hydrogen-bond donors (Lipinski definition) is 2. The zero-order chi connectivity index (χ0) is 16.0. The molecule has 0 aromatic carbocycles. The highest BCUT2D eigenvalue weighted by molar-refractivity contribution is 6.29. The molecule has 1 aromatic rings. The number of aromatic nitrogens is 2. The Kier molecular flexibility index (Phi) is 6.16. The highest BCUT2D eigenvalue weighted by Gasteiger charge is 2.35. The quantitative estimate of drug-likeness (QED) is 0.615. The molecule has 0 fully saturated rings. The molecule has 0 aliphatic heterocycles. The number of nitrogens with zero attached hydrogens (tertiary/aromatic N) is 2. The van der Waals surface area contributed by atoms with Gasteiger partial charge in [0.2, 0.25) is 11.7 Å². The number of alkyl halides is 3. The summed E-state index contributed by atoms with van der Waals surface area (Å²) in [6.07, 6.45) is -4.72. The molecule has 1 atom stereocenters. The molecule has 1 amide bonds. The van der Waals surface area contributed by atoms with E-state index in [2.05, 4.69) is 20.6 Å². The highest BCUT2D eigenvalue weighted by Crippen LogP contribution is 2.28. The van der Waals surface area contributed by atoms with Crippen molar-refractivity contribution in [3.63, 3.8) is 0 Å². The molecule has 0 bridgehead atoms. The first-order chi connectivity index (χ1) is 9.74. The lowest BCUT2D eigenvalue weighted by molar-refractivity contribution is -0.144. The van der Waals surface area contributed by atoms with Gasteiger partial charge in [-0.2, -0.15) is 13.2 Å². The molecule has 0 radical (unpaired) electrons. The van der Waals surface area contributed by atoms with E-state index in [9.17, 15) is 18.0 Å². The maximum atomic E-state index is 12.5. The van der Waals surface area contributed by atoms with Crippen LogP contribution >= 0.6 is 11.6 Å². The van der Waals surface area contributed by atoms with E-state index < -0.39 is 23.9 Å². The number of nitrogens with one attached hydrogen (secondary N) is 2. The van der Waals surface area contributed by atoms with Gasteiger partial charge in [-0.1, -0.05) is 11.6 Å². The monoisotopic (exact) mass is 326 g/mol. The van der Waals surface area contributed by atoms with Crippen LogP contribution in [0, 0.1) is 0 Å². The van der Waals surface area contributed by atoms with Gasteiger partial charge in [-0.05, 0) is 6.92 Å². The summed E-state index contributed by atoms with van der Waals surface area (Å²) in [6.45, 7) is 2.10. The van der Waals surface area contributed by atoms with Crippen LogP contribution in [0.2, 0.25) is 5.15 Å². The van der Waals surface area contributed by atoms with Crippen LogP contribution in [0.1, 0.15) is 12.7 Å². The number of hydrogen-bond acceptors (Lipinski definition) is 5. The molecule has 0 aliphatic carbocycles. The van der Waals surface area contributed by atoms with Crippen molar-refractivity contribution >= 4 is 23.3 Å². The van der Waals surface area contributed by atoms with Gasteiger partial charge in [0.05, 0.1) is 6.61 Å². The zero-order valence-electron chi connectivity index (χ0n) is 11.3. The minimum Gasteiger partial charge on any atom is -0.383 e. The number of ether oxygens (including phenoxy) is 1. The Morgan fingerprint density at radius 3 is 2.71 bits per heavy atom. The summed E-state index contributed by atoms with van der Waals surface area (Å²) in [4.78, 5) is 18.0. The Morgan fingerprint density at radius 1 is 1.48 bits per heavy atom. The van der Waals surface area contributed by atoms with Gasteiger partial charge in [-0.15, -0.1) is 0 Å². The van der Waals surface area contributed by atoms with E-state index in [-0.39, 0.29) is 11.0 Å². The van der Waals surface area contributed by atoms with Crippen LogP contribution < -0.4 is 10.6 Å². The fourth-order valence-electron chi connectivity index (χ4n) is 1.34. The highest BCUT2D eigenvalue weighted by atomic mass is 35.5. The fraction of sp³-hybridized carbons (Fsp3) is 0.545. The molecule has 10 heteroatoms. The van der Waals surface area contributed by atoms with Gasteiger partial charge < -0.3 is 15.4 Å². The molecule has 0 saturated carbocycles. The van der Waals surface area contributed by atoms with E-state index in [1.165, 1.54) is 14.0 Å². The van der Waals surface area contributed by atoms with E-state index in [0.29, 0.717) is 13.2 Å². The van der Waals surface area contributed by atoms with Gasteiger partial charge in [-0.3, -0.25) is 4.79 Å². The van der Waals surface area contributed by atoms with Crippen molar-refractivity contribution in [3.05, 3.63) is 17.0 Å². The second kappa shape index (κ2) is 7.41. The second-order valence-corrected chi connectivity index (χ2v) is 4.43. The molecule has 0 aliphatic rings. The van der Waals surface area contributed by atoms with E-state index >= 15 is 0 Å². The lowest BCUT2D eigenvalue weighted by Crippen LogP contribution is -2.39. The lowest BCUT2D eigenvalue weighted by Gasteiger charge is -2.15. The number of amides is 1. The van der Waals surface area contributed by atoms with Crippen LogP contribution in [0.3, 0.4) is 0 Å². The average molecular weight is 327 g/mol. The Bertz CT molecular complexity index is 499. The molecule has 2 N–H and O–H groups in total. The smallest absolute Gasteiger partial charge is 0.383 e. The van der Waals surface area contributed by atoms with Crippen LogP contribution in [-0.2, 0) is 15.7 Å². The Morgan fingerprint density at radius 2 is 2.14 bits per heavy atom. The van der Waals surface area contributed by atoms with Crippen LogP contribution in [0.25, 0.3) is 0 Å². The summed E-state index contributed by atoms with van der Waals surface area (Å²) >= 11 is 5.51. The van der Waals surface area contributed by atoms with Gasteiger partial charge in [-0.25, -0.2) is 9.97 Å². The van der Waals surface area contributed by atoms with Crippen molar-refractivity contribution in [3.8, 4) is 0 Å². The van der Waals surface area contributed by atoms with E-state index in [1.807, 2.05) is 0 Å². The summed E-state index contributed by atoms with van der Waals surface area (Å²) in [7, 11) is 1.48.